The summed E-state index contributed by atoms with van der Waals surface area (Å²) in [5.74, 6) is -2.92. The molecule has 1 aliphatic rings. The minimum Gasteiger partial charge on any atom is -0.372 e. The molecule has 4 aromatic rings. The van der Waals surface area contributed by atoms with Crippen LogP contribution in [0.1, 0.15) is 75.0 Å². The molecule has 1 aliphatic carbocycles. The van der Waals surface area contributed by atoms with Crippen LogP contribution in [0, 0.1) is 17.7 Å². The number of alkyl halides is 3. The summed E-state index contributed by atoms with van der Waals surface area (Å²) in [4.78, 5) is 54.0. The molecular formula is C39H45F4N7O3S. The topological polar surface area (TPSA) is 141 Å². The van der Waals surface area contributed by atoms with E-state index >= 15 is 0 Å². The number of hydrogen-bond donors (Lipinski definition) is 5. The largest absolute Gasteiger partial charge is 0.418 e. The molecule has 0 saturated heterocycles. The molecule has 5 atom stereocenters. The van der Waals surface area contributed by atoms with Crippen LogP contribution in [0.5, 0.6) is 0 Å². The van der Waals surface area contributed by atoms with E-state index in [2.05, 4.69) is 36.2 Å². The van der Waals surface area contributed by atoms with Gasteiger partial charge in [-0.05, 0) is 47.9 Å². The molecule has 5 rings (SSSR count). The molecule has 2 aromatic carbocycles. The summed E-state index contributed by atoms with van der Waals surface area (Å²) in [6, 6.07) is 7.93. The third-order valence-corrected chi connectivity index (χ3v) is 10.8. The Bertz CT molecular complexity index is 1990. The third-order valence-electron chi connectivity index (χ3n) is 10.4. The van der Waals surface area contributed by atoms with Gasteiger partial charge in [0.25, 0.3) is 0 Å². The number of amides is 3. The quantitative estimate of drug-likeness (QED) is 0.0798. The summed E-state index contributed by atoms with van der Waals surface area (Å²) in [5, 5.41) is 12.3. The molecule has 0 saturated carbocycles. The lowest BCUT2D eigenvalue weighted by molar-refractivity contribution is -0.137. The van der Waals surface area contributed by atoms with Crippen molar-refractivity contribution in [3.05, 3.63) is 95.0 Å². The summed E-state index contributed by atoms with van der Waals surface area (Å²) >= 11 is 5.78. The van der Waals surface area contributed by atoms with Gasteiger partial charge >= 0.3 is 6.18 Å². The van der Waals surface area contributed by atoms with Crippen molar-refractivity contribution in [3.8, 4) is 0 Å². The van der Waals surface area contributed by atoms with Crippen molar-refractivity contribution in [3.63, 3.8) is 0 Å². The Kier molecular flexibility index (Phi) is 12.7. The molecule has 2 aromatic heterocycles. The maximum atomic E-state index is 14.8. The van der Waals surface area contributed by atoms with Crippen LogP contribution in [0.3, 0.4) is 0 Å². The second-order valence-electron chi connectivity index (χ2n) is 14.0. The number of para-hydroxylation sites is 1. The molecule has 288 valence electrons. The zero-order chi connectivity index (χ0) is 39.2. The lowest BCUT2D eigenvalue weighted by Gasteiger charge is -2.40. The van der Waals surface area contributed by atoms with Crippen molar-refractivity contribution in [1.29, 1.82) is 0 Å². The van der Waals surface area contributed by atoms with E-state index in [-0.39, 0.29) is 49.2 Å². The fraction of sp³-hybridized carbons (Fsp3) is 0.436. The van der Waals surface area contributed by atoms with E-state index in [0.717, 1.165) is 6.07 Å². The molecular weight excluding hydrogens is 723 g/mol. The number of nitrogens with zero attached hydrogens (tertiary/aromatic N) is 2. The van der Waals surface area contributed by atoms with Crippen LogP contribution in [0.2, 0.25) is 0 Å². The number of halogens is 4. The molecule has 0 radical (unpaired) electrons. The summed E-state index contributed by atoms with van der Waals surface area (Å²) < 4.78 is 56.6. The third kappa shape index (κ3) is 9.05. The fourth-order valence-corrected chi connectivity index (χ4v) is 7.17. The lowest BCUT2D eigenvalue weighted by Crippen LogP contribution is -2.67. The summed E-state index contributed by atoms with van der Waals surface area (Å²) in [5.41, 5.74) is -0.779. The van der Waals surface area contributed by atoms with Gasteiger partial charge in [-0.3, -0.25) is 24.4 Å². The van der Waals surface area contributed by atoms with Crippen molar-refractivity contribution in [2.24, 2.45) is 11.8 Å². The van der Waals surface area contributed by atoms with Gasteiger partial charge in [0.15, 0.2) is 0 Å². The van der Waals surface area contributed by atoms with Crippen LogP contribution in [0.4, 0.5) is 17.6 Å². The number of aromatic amines is 1. The number of rotatable bonds is 14. The van der Waals surface area contributed by atoms with E-state index in [4.69, 9.17) is 12.2 Å². The molecule has 2 heterocycles. The van der Waals surface area contributed by atoms with Crippen LogP contribution in [0.25, 0.3) is 10.9 Å². The van der Waals surface area contributed by atoms with E-state index in [1.807, 2.05) is 20.8 Å². The predicted molar refractivity (Wildman–Crippen MR) is 201 cm³/mol. The van der Waals surface area contributed by atoms with Gasteiger partial charge in [-0.25, -0.2) is 4.39 Å². The Morgan fingerprint density at radius 2 is 1.70 bits per heavy atom. The van der Waals surface area contributed by atoms with Gasteiger partial charge in [0.1, 0.15) is 17.4 Å². The maximum absolute atomic E-state index is 14.8. The first kappa shape index (κ1) is 40.3. The van der Waals surface area contributed by atoms with E-state index < -0.39 is 58.8 Å². The highest BCUT2D eigenvalue weighted by atomic mass is 32.1. The highest BCUT2D eigenvalue weighted by Crippen LogP contribution is 2.40. The van der Waals surface area contributed by atoms with Crippen molar-refractivity contribution < 1.29 is 31.9 Å². The van der Waals surface area contributed by atoms with Crippen molar-refractivity contribution in [2.45, 2.75) is 96.6 Å². The minimum atomic E-state index is -4.63. The van der Waals surface area contributed by atoms with Gasteiger partial charge in [-0.2, -0.15) is 13.2 Å². The molecule has 3 amide bonds. The van der Waals surface area contributed by atoms with Crippen LogP contribution in [-0.2, 0) is 46.4 Å². The number of hydrogen-bond acceptors (Lipinski definition) is 6. The van der Waals surface area contributed by atoms with Gasteiger partial charge in [0.05, 0.1) is 47.0 Å². The van der Waals surface area contributed by atoms with Crippen molar-refractivity contribution >= 4 is 45.8 Å². The Balaban J connectivity index is 1.49. The molecule has 15 heteroatoms. The zero-order valence-electron chi connectivity index (χ0n) is 30.6. The van der Waals surface area contributed by atoms with Gasteiger partial charge in [-0.1, -0.05) is 83.1 Å². The highest BCUT2D eigenvalue weighted by Gasteiger charge is 2.47. The molecule has 5 N–H and O–H groups in total. The highest BCUT2D eigenvalue weighted by molar-refractivity contribution is 7.80. The van der Waals surface area contributed by atoms with Crippen LogP contribution >= 0.6 is 12.2 Å². The van der Waals surface area contributed by atoms with E-state index in [9.17, 15) is 31.9 Å². The second kappa shape index (κ2) is 17.0. The molecule has 0 spiro atoms. The fourth-order valence-electron chi connectivity index (χ4n) is 6.81. The smallest absolute Gasteiger partial charge is 0.372 e. The molecule has 10 nitrogen and oxygen atoms in total. The van der Waals surface area contributed by atoms with Crippen LogP contribution in [-0.4, -0.2) is 55.3 Å². The second-order valence-corrected chi connectivity index (χ2v) is 14.4. The average Bonchev–Trinajstić information content (AvgIpc) is 3.52. The molecule has 54 heavy (non-hydrogen) atoms. The van der Waals surface area contributed by atoms with E-state index in [0.29, 0.717) is 40.2 Å². The Labute approximate surface area is 316 Å². The molecule has 0 bridgehead atoms. The number of carbonyl (C=O) groups excluding carboxylic acids is 3. The summed E-state index contributed by atoms with van der Waals surface area (Å²) in [6.07, 6.45) is 0.906. The maximum Gasteiger partial charge on any atom is 0.418 e. The predicted octanol–water partition coefficient (Wildman–Crippen LogP) is 5.88. The lowest BCUT2D eigenvalue weighted by atomic mass is 9.78. The Morgan fingerprint density at radius 1 is 0.981 bits per heavy atom. The first-order valence-corrected chi connectivity index (χ1v) is 18.5. The Hall–Kier alpha value is -4.92. The number of H-pyrrole nitrogens is 1. The van der Waals surface area contributed by atoms with Crippen molar-refractivity contribution in [2.75, 3.05) is 0 Å². The SMILES string of the molecule is CCC(C)[C@H](NC(=O)Cc1ccccc1F)C(=O)N[C@]1(C(=O)N[C@H](C(=S)NCc2cnccn2)C(C)CC)CCc2[nH]c3c(C(F)(F)F)cccc3c2C1. The molecule has 0 aliphatic heterocycles. The summed E-state index contributed by atoms with van der Waals surface area (Å²) in [6.45, 7) is 7.75. The number of benzene rings is 2. The van der Waals surface area contributed by atoms with Gasteiger partial charge in [0.2, 0.25) is 17.7 Å². The number of aromatic nitrogens is 3. The minimum absolute atomic E-state index is 0.0369. The van der Waals surface area contributed by atoms with Crippen LogP contribution < -0.4 is 21.3 Å². The van der Waals surface area contributed by atoms with Gasteiger partial charge in [0, 0.05) is 29.9 Å². The van der Waals surface area contributed by atoms with Crippen molar-refractivity contribution in [1.82, 2.24) is 36.2 Å². The summed E-state index contributed by atoms with van der Waals surface area (Å²) in [7, 11) is 0. The average molecular weight is 768 g/mol. The number of aryl methyl sites for hydroxylation is 1. The first-order valence-electron chi connectivity index (χ1n) is 18.0. The Morgan fingerprint density at radius 3 is 2.37 bits per heavy atom. The monoisotopic (exact) mass is 767 g/mol. The first-order chi connectivity index (χ1) is 25.7. The number of carbonyl (C=O) groups is 3. The molecule has 0 fully saturated rings. The van der Waals surface area contributed by atoms with Gasteiger partial charge in [-0.15, -0.1) is 0 Å². The standard InChI is InChI=1S/C39H45F4N7O3S/c1-5-22(3)32(48-31(51)18-24-10-7-8-13-29(24)40)35(52)50-38(15-14-30-27(19-38)26-11-9-12-28(34(26)47-30)39(41,42)43)37(53)49-33(23(4)6-2)36(54)46-21-25-20-44-16-17-45-25/h7-13,16-17,20,22-23,32-33,47H,5-6,14-15,18-19,21H2,1-4H3,(H,46,54)(H,48,51)(H,49,53)(H,50,52)/t22?,23?,32-,33-,38+/m0/s1. The van der Waals surface area contributed by atoms with Crippen LogP contribution in [0.15, 0.2) is 61.1 Å². The van der Waals surface area contributed by atoms with Gasteiger partial charge < -0.3 is 26.3 Å². The number of fused-ring (bicyclic) bond motifs is 3. The molecule has 2 unspecified atom stereocenters. The van der Waals surface area contributed by atoms with E-state index in [1.54, 1.807) is 37.6 Å². The normalized spacial score (nSPS) is 17.8. The zero-order valence-corrected chi connectivity index (χ0v) is 31.4. The van der Waals surface area contributed by atoms with E-state index in [1.165, 1.54) is 24.3 Å². The number of nitrogens with one attached hydrogen (secondary N) is 5. The number of thiocarbonyl (C=S) groups is 1.